The second-order valence-corrected chi connectivity index (χ2v) is 8.55. The average Bonchev–Trinajstić information content (AvgIpc) is 2.55. The molecule has 0 atom stereocenters. The van der Waals surface area contributed by atoms with Gasteiger partial charge in [0.15, 0.2) is 0 Å². The summed E-state index contributed by atoms with van der Waals surface area (Å²) in [5.74, 6) is 0. The van der Waals surface area contributed by atoms with Gasteiger partial charge in [0.1, 0.15) is 4.90 Å². The lowest BCUT2D eigenvalue weighted by molar-refractivity contribution is 0.385. The highest BCUT2D eigenvalue weighted by Crippen LogP contribution is 2.28. The van der Waals surface area contributed by atoms with Crippen LogP contribution in [-0.2, 0) is 10.0 Å². The van der Waals surface area contributed by atoms with Gasteiger partial charge in [0.25, 0.3) is 0 Å². The van der Waals surface area contributed by atoms with E-state index in [0.717, 1.165) is 5.69 Å². The van der Waals surface area contributed by atoms with Gasteiger partial charge in [0.05, 0.1) is 5.02 Å². The van der Waals surface area contributed by atoms with Gasteiger partial charge in [-0.25, -0.2) is 8.42 Å². The summed E-state index contributed by atoms with van der Waals surface area (Å²) in [5, 5.41) is 0.576. The summed E-state index contributed by atoms with van der Waals surface area (Å²) in [6.07, 6.45) is 0. The predicted octanol–water partition coefficient (Wildman–Crippen LogP) is 3.81. The Labute approximate surface area is 152 Å². The number of hydrogen-bond acceptors (Lipinski definition) is 3. The Morgan fingerprint density at radius 2 is 1.54 bits per heavy atom. The van der Waals surface area contributed by atoms with Crippen LogP contribution in [0, 0.1) is 6.92 Å². The van der Waals surface area contributed by atoms with Crippen LogP contribution in [0.3, 0.4) is 0 Å². The van der Waals surface area contributed by atoms with Gasteiger partial charge >= 0.3 is 0 Å². The van der Waals surface area contributed by atoms with E-state index < -0.39 is 10.0 Å². The molecule has 0 spiro atoms. The van der Waals surface area contributed by atoms with E-state index in [1.54, 1.807) is 6.07 Å². The molecule has 1 aliphatic rings. The van der Waals surface area contributed by atoms with Gasteiger partial charge in [-0.05, 0) is 37.3 Å². The first-order valence-corrected chi connectivity index (χ1v) is 9.84. The third-order valence-corrected chi connectivity index (χ3v) is 6.77. The summed E-state index contributed by atoms with van der Waals surface area (Å²) >= 11 is 11.9. The Balaban J connectivity index is 1.75. The van der Waals surface area contributed by atoms with Crippen LogP contribution in [0.1, 0.15) is 5.56 Å². The predicted molar refractivity (Wildman–Crippen MR) is 98.6 cm³/mol. The maximum atomic E-state index is 12.8. The van der Waals surface area contributed by atoms with Gasteiger partial charge in [-0.2, -0.15) is 4.31 Å². The van der Waals surface area contributed by atoms with E-state index in [0.29, 0.717) is 31.2 Å². The first kappa shape index (κ1) is 17.5. The zero-order chi connectivity index (χ0) is 17.3. The van der Waals surface area contributed by atoms with Crippen LogP contribution >= 0.6 is 23.2 Å². The minimum absolute atomic E-state index is 0.109. The second kappa shape index (κ2) is 6.92. The molecule has 0 bridgehead atoms. The standard InChI is InChI=1S/C17H18Cl2N2O2S/c1-13-2-5-15(6-3-13)20-8-10-21(11-9-20)24(22,23)17-7-4-14(18)12-16(17)19/h2-7,12H,8-11H2,1H3. The largest absolute Gasteiger partial charge is 0.369 e. The molecule has 128 valence electrons. The fraction of sp³-hybridized carbons (Fsp3) is 0.294. The van der Waals surface area contributed by atoms with Gasteiger partial charge in [0.2, 0.25) is 10.0 Å². The van der Waals surface area contributed by atoms with E-state index in [9.17, 15) is 8.42 Å². The Hall–Kier alpha value is -1.27. The molecule has 0 radical (unpaired) electrons. The molecule has 4 nitrogen and oxygen atoms in total. The van der Waals surface area contributed by atoms with Crippen LogP contribution in [0.25, 0.3) is 0 Å². The molecule has 1 aliphatic heterocycles. The highest BCUT2D eigenvalue weighted by Gasteiger charge is 2.30. The van der Waals surface area contributed by atoms with Crippen LogP contribution in [0.15, 0.2) is 47.4 Å². The molecule has 1 saturated heterocycles. The molecular weight excluding hydrogens is 367 g/mol. The maximum absolute atomic E-state index is 12.8. The summed E-state index contributed by atoms with van der Waals surface area (Å²) in [6.45, 7) is 4.19. The molecule has 1 fully saturated rings. The number of halogens is 2. The Kier molecular flexibility index (Phi) is 5.06. The summed E-state index contributed by atoms with van der Waals surface area (Å²) in [6, 6.07) is 12.7. The molecule has 2 aromatic carbocycles. The van der Waals surface area contributed by atoms with Crippen molar-refractivity contribution in [2.24, 2.45) is 0 Å². The van der Waals surface area contributed by atoms with Crippen LogP contribution in [-0.4, -0.2) is 38.9 Å². The zero-order valence-corrected chi connectivity index (χ0v) is 15.6. The topological polar surface area (TPSA) is 40.6 Å². The lowest BCUT2D eigenvalue weighted by Crippen LogP contribution is -2.48. The van der Waals surface area contributed by atoms with Crippen molar-refractivity contribution >= 4 is 38.9 Å². The monoisotopic (exact) mass is 384 g/mol. The number of anilines is 1. The fourth-order valence-electron chi connectivity index (χ4n) is 2.77. The molecule has 0 saturated carbocycles. The molecule has 0 aliphatic carbocycles. The van der Waals surface area contributed by atoms with E-state index in [1.807, 2.05) is 6.92 Å². The quantitative estimate of drug-likeness (QED) is 0.807. The number of sulfonamides is 1. The van der Waals surface area contributed by atoms with Crippen LogP contribution in [0.2, 0.25) is 10.0 Å². The summed E-state index contributed by atoms with van der Waals surface area (Å²) in [5.41, 5.74) is 2.32. The third-order valence-electron chi connectivity index (χ3n) is 4.15. The zero-order valence-electron chi connectivity index (χ0n) is 13.2. The fourth-order valence-corrected chi connectivity index (χ4v) is 4.93. The number of piperazine rings is 1. The van der Waals surface area contributed by atoms with Crippen molar-refractivity contribution < 1.29 is 8.42 Å². The first-order chi connectivity index (χ1) is 11.4. The molecular formula is C17H18Cl2N2O2S. The first-order valence-electron chi connectivity index (χ1n) is 7.65. The number of nitrogens with zero attached hydrogens (tertiary/aromatic N) is 2. The van der Waals surface area contributed by atoms with Crippen LogP contribution in [0.5, 0.6) is 0 Å². The number of hydrogen-bond donors (Lipinski definition) is 0. The van der Waals surface area contributed by atoms with Gasteiger partial charge in [-0.3, -0.25) is 0 Å². The molecule has 0 unspecified atom stereocenters. The number of rotatable bonds is 3. The van der Waals surface area contributed by atoms with E-state index in [1.165, 1.54) is 22.0 Å². The molecule has 24 heavy (non-hydrogen) atoms. The van der Waals surface area contributed by atoms with Crippen molar-refractivity contribution in [3.8, 4) is 0 Å². The summed E-state index contributed by atoms with van der Waals surface area (Å²) < 4.78 is 27.1. The Morgan fingerprint density at radius 1 is 0.917 bits per heavy atom. The lowest BCUT2D eigenvalue weighted by Gasteiger charge is -2.35. The molecule has 1 heterocycles. The number of aryl methyl sites for hydroxylation is 1. The Bertz CT molecular complexity index is 830. The maximum Gasteiger partial charge on any atom is 0.244 e. The molecule has 0 amide bonds. The molecule has 0 N–H and O–H groups in total. The summed E-state index contributed by atoms with van der Waals surface area (Å²) in [4.78, 5) is 2.30. The van der Waals surface area contributed by atoms with E-state index in [2.05, 4.69) is 29.2 Å². The van der Waals surface area contributed by atoms with Crippen molar-refractivity contribution in [3.05, 3.63) is 58.1 Å². The SMILES string of the molecule is Cc1ccc(N2CCN(S(=O)(=O)c3ccc(Cl)cc3Cl)CC2)cc1. The highest BCUT2D eigenvalue weighted by molar-refractivity contribution is 7.89. The summed E-state index contributed by atoms with van der Waals surface area (Å²) in [7, 11) is -3.61. The van der Waals surface area contributed by atoms with Gasteiger partial charge < -0.3 is 4.90 Å². The smallest absolute Gasteiger partial charge is 0.244 e. The van der Waals surface area contributed by atoms with Gasteiger partial charge in [-0.1, -0.05) is 40.9 Å². The van der Waals surface area contributed by atoms with Crippen molar-refractivity contribution in [1.82, 2.24) is 4.31 Å². The molecule has 3 rings (SSSR count). The van der Waals surface area contributed by atoms with Crippen molar-refractivity contribution in [3.63, 3.8) is 0 Å². The number of benzene rings is 2. The minimum Gasteiger partial charge on any atom is -0.369 e. The van der Waals surface area contributed by atoms with Crippen molar-refractivity contribution in [1.29, 1.82) is 0 Å². The Morgan fingerprint density at radius 3 is 2.12 bits per heavy atom. The van der Waals surface area contributed by atoms with Crippen LogP contribution < -0.4 is 4.90 Å². The van der Waals surface area contributed by atoms with E-state index >= 15 is 0 Å². The van der Waals surface area contributed by atoms with Gasteiger partial charge in [0, 0.05) is 36.9 Å². The molecule has 0 aromatic heterocycles. The molecule has 2 aromatic rings. The van der Waals surface area contributed by atoms with Crippen molar-refractivity contribution in [2.45, 2.75) is 11.8 Å². The minimum atomic E-state index is -3.61. The van der Waals surface area contributed by atoms with E-state index in [-0.39, 0.29) is 9.92 Å². The second-order valence-electron chi connectivity index (χ2n) is 5.80. The van der Waals surface area contributed by atoms with E-state index in [4.69, 9.17) is 23.2 Å². The van der Waals surface area contributed by atoms with Gasteiger partial charge in [-0.15, -0.1) is 0 Å². The third kappa shape index (κ3) is 3.54. The average molecular weight is 385 g/mol. The molecule has 7 heteroatoms. The van der Waals surface area contributed by atoms with Crippen molar-refractivity contribution in [2.75, 3.05) is 31.1 Å². The lowest BCUT2D eigenvalue weighted by atomic mass is 10.2. The van der Waals surface area contributed by atoms with Crippen LogP contribution in [0.4, 0.5) is 5.69 Å². The highest BCUT2D eigenvalue weighted by atomic mass is 35.5. The normalized spacial score (nSPS) is 16.4.